The molecule has 5 heteroatoms. The molecule has 2 aromatic rings. The van der Waals surface area contributed by atoms with Crippen LogP contribution in [0.25, 0.3) is 10.9 Å². The number of carbonyl (C=O) groups is 1. The highest BCUT2D eigenvalue weighted by atomic mass is 16.5. The quantitative estimate of drug-likeness (QED) is 0.689. The number of hydrogen-bond acceptors (Lipinski definition) is 4. The predicted octanol–water partition coefficient (Wildman–Crippen LogP) is 2.67. The van der Waals surface area contributed by atoms with Crippen molar-refractivity contribution in [3.63, 3.8) is 0 Å². The van der Waals surface area contributed by atoms with Crippen molar-refractivity contribution in [3.05, 3.63) is 47.7 Å². The summed E-state index contributed by atoms with van der Waals surface area (Å²) in [6.45, 7) is 3.60. The maximum absolute atomic E-state index is 12.7. The van der Waals surface area contributed by atoms with Gasteiger partial charge in [-0.3, -0.25) is 4.90 Å². The highest BCUT2D eigenvalue weighted by Gasteiger charge is 2.46. The molecular formula is C20H24N2O3. The van der Waals surface area contributed by atoms with Gasteiger partial charge in [0.25, 0.3) is 0 Å². The topological polar surface area (TPSA) is 54.7 Å². The largest absolute Gasteiger partial charge is 0.467 e. The van der Waals surface area contributed by atoms with Crippen LogP contribution in [0.15, 0.2) is 42.0 Å². The van der Waals surface area contributed by atoms with E-state index in [1.807, 2.05) is 19.1 Å². The fraction of sp³-hybridized carbons (Fsp3) is 0.450. The Morgan fingerprint density at radius 2 is 2.20 bits per heavy atom. The third-order valence-corrected chi connectivity index (χ3v) is 5.76. The van der Waals surface area contributed by atoms with Gasteiger partial charge in [0.05, 0.1) is 19.8 Å². The minimum absolute atomic E-state index is 0.138. The minimum atomic E-state index is -0.321. The number of aliphatic hydroxyl groups excluding tert-OH is 1. The molecule has 2 aliphatic heterocycles. The van der Waals surface area contributed by atoms with Crippen LogP contribution >= 0.6 is 0 Å². The minimum Gasteiger partial charge on any atom is -0.467 e. The lowest BCUT2D eigenvalue weighted by Crippen LogP contribution is -2.48. The number of methoxy groups -OCH3 is 1. The number of fused-ring (bicyclic) bond motifs is 6. The van der Waals surface area contributed by atoms with Gasteiger partial charge in [-0.15, -0.1) is 0 Å². The predicted molar refractivity (Wildman–Crippen MR) is 96.3 cm³/mol. The standard InChI is InChI=1S/C20H24N2O3/c1-3-13-12-21(8-9-23)17-11-15(13)19(20(24)25-2)22-16-7-5-4-6-14(16)10-18(17)22/h3-7,10,15,17,19,23H,8-9,11-12H2,1-2H3/b13-3+/t15-,17-,19-/m0/s1. The zero-order valence-corrected chi connectivity index (χ0v) is 14.7. The van der Waals surface area contributed by atoms with Crippen molar-refractivity contribution < 1.29 is 14.6 Å². The Balaban J connectivity index is 1.95. The number of β-amino-alcohol motifs (C(OH)–C–C–N with tert-alkyl or cyclic N) is 1. The summed E-state index contributed by atoms with van der Waals surface area (Å²) < 4.78 is 7.36. The first-order valence-electron chi connectivity index (χ1n) is 8.87. The maximum atomic E-state index is 12.7. The van der Waals surface area contributed by atoms with Crippen molar-refractivity contribution in [2.75, 3.05) is 26.8 Å². The second kappa shape index (κ2) is 6.32. The van der Waals surface area contributed by atoms with Crippen LogP contribution in [-0.2, 0) is 9.53 Å². The molecule has 1 aromatic carbocycles. The van der Waals surface area contributed by atoms with Gasteiger partial charge in [-0.2, -0.15) is 0 Å². The molecule has 25 heavy (non-hydrogen) atoms. The second-order valence-corrected chi connectivity index (χ2v) is 6.88. The van der Waals surface area contributed by atoms with E-state index in [2.05, 4.69) is 33.7 Å². The van der Waals surface area contributed by atoms with Crippen molar-refractivity contribution in [2.24, 2.45) is 5.92 Å². The molecule has 4 rings (SSSR count). The number of carbonyl (C=O) groups excluding carboxylic acids is 1. The van der Waals surface area contributed by atoms with Gasteiger partial charge in [-0.1, -0.05) is 29.8 Å². The Morgan fingerprint density at radius 1 is 1.40 bits per heavy atom. The molecule has 1 saturated heterocycles. The molecule has 3 atom stereocenters. The number of aromatic nitrogens is 1. The maximum Gasteiger partial charge on any atom is 0.329 e. The van der Waals surface area contributed by atoms with Crippen LogP contribution in [0.5, 0.6) is 0 Å². The molecule has 0 aliphatic carbocycles. The summed E-state index contributed by atoms with van der Waals surface area (Å²) in [5, 5.41) is 10.6. The van der Waals surface area contributed by atoms with Gasteiger partial charge in [-0.25, -0.2) is 4.79 Å². The lowest BCUT2D eigenvalue weighted by molar-refractivity contribution is -0.147. The number of likely N-dealkylation sites (tertiary alicyclic amines) is 1. The summed E-state index contributed by atoms with van der Waals surface area (Å²) in [6, 6.07) is 10.3. The number of ether oxygens (including phenoxy) is 1. The zero-order valence-electron chi connectivity index (χ0n) is 14.7. The number of benzene rings is 1. The molecule has 0 radical (unpaired) electrons. The van der Waals surface area contributed by atoms with Crippen molar-refractivity contribution >= 4 is 16.9 Å². The normalized spacial score (nSPS) is 27.5. The highest BCUT2D eigenvalue weighted by Crippen LogP contribution is 2.49. The molecule has 2 aliphatic rings. The van der Waals surface area contributed by atoms with Gasteiger partial charge >= 0.3 is 5.97 Å². The van der Waals surface area contributed by atoms with E-state index >= 15 is 0 Å². The first kappa shape index (κ1) is 16.4. The summed E-state index contributed by atoms with van der Waals surface area (Å²) in [6.07, 6.45) is 3.01. The molecule has 0 unspecified atom stereocenters. The number of esters is 1. The van der Waals surface area contributed by atoms with E-state index < -0.39 is 0 Å². The first-order chi connectivity index (χ1) is 12.2. The average Bonchev–Trinajstić information content (AvgIpc) is 3.03. The molecule has 3 heterocycles. The van der Waals surface area contributed by atoms with Gasteiger partial charge in [0.15, 0.2) is 0 Å². The van der Waals surface area contributed by atoms with Crippen LogP contribution in [-0.4, -0.2) is 47.3 Å². The molecular weight excluding hydrogens is 316 g/mol. The summed E-state index contributed by atoms with van der Waals surface area (Å²) in [4.78, 5) is 15.0. The van der Waals surface area contributed by atoms with Crippen LogP contribution < -0.4 is 0 Å². The molecule has 1 aromatic heterocycles. The van der Waals surface area contributed by atoms with Gasteiger partial charge < -0.3 is 14.4 Å². The van der Waals surface area contributed by atoms with E-state index in [0.29, 0.717) is 6.54 Å². The van der Waals surface area contributed by atoms with Crippen molar-refractivity contribution in [2.45, 2.75) is 25.4 Å². The Hall–Kier alpha value is -2.11. The van der Waals surface area contributed by atoms with E-state index in [1.165, 1.54) is 12.7 Å². The van der Waals surface area contributed by atoms with E-state index in [1.54, 1.807) is 0 Å². The van der Waals surface area contributed by atoms with Crippen molar-refractivity contribution in [1.29, 1.82) is 0 Å². The third kappa shape index (κ3) is 2.41. The molecule has 1 fully saturated rings. The Bertz CT molecular complexity index is 839. The van der Waals surface area contributed by atoms with Crippen LogP contribution in [0.4, 0.5) is 0 Å². The van der Waals surface area contributed by atoms with Crippen LogP contribution in [0.2, 0.25) is 0 Å². The number of nitrogens with zero attached hydrogens (tertiary/aromatic N) is 2. The molecule has 0 saturated carbocycles. The fourth-order valence-corrected chi connectivity index (χ4v) is 4.65. The SMILES string of the molecule is C/C=C1\CN(CCO)[C@H]2C[C@@H]1[C@@H](C(=O)OC)n1c2cc2ccccc21. The number of rotatable bonds is 3. The van der Waals surface area contributed by atoms with E-state index in [4.69, 9.17) is 4.74 Å². The lowest BCUT2D eigenvalue weighted by atomic mass is 9.77. The second-order valence-electron chi connectivity index (χ2n) is 6.88. The van der Waals surface area contributed by atoms with Gasteiger partial charge in [0.2, 0.25) is 0 Å². The first-order valence-corrected chi connectivity index (χ1v) is 8.87. The summed E-state index contributed by atoms with van der Waals surface area (Å²) in [7, 11) is 1.47. The monoisotopic (exact) mass is 340 g/mol. The van der Waals surface area contributed by atoms with E-state index in [-0.39, 0.29) is 30.6 Å². The molecule has 132 valence electrons. The number of hydrogen-bond donors (Lipinski definition) is 1. The summed E-state index contributed by atoms with van der Waals surface area (Å²) in [5.41, 5.74) is 3.48. The number of aliphatic hydroxyl groups is 1. The van der Waals surface area contributed by atoms with Crippen LogP contribution in [0.3, 0.4) is 0 Å². The van der Waals surface area contributed by atoms with Gasteiger partial charge in [0, 0.05) is 30.2 Å². The van der Waals surface area contributed by atoms with Crippen molar-refractivity contribution in [3.8, 4) is 0 Å². The molecule has 0 spiro atoms. The van der Waals surface area contributed by atoms with E-state index in [0.717, 1.165) is 29.6 Å². The van der Waals surface area contributed by atoms with Gasteiger partial charge in [0.1, 0.15) is 6.04 Å². The van der Waals surface area contributed by atoms with Gasteiger partial charge in [-0.05, 0) is 30.9 Å². The van der Waals surface area contributed by atoms with Crippen LogP contribution in [0.1, 0.15) is 31.1 Å². The zero-order chi connectivity index (χ0) is 17.6. The fourth-order valence-electron chi connectivity index (χ4n) is 4.65. The molecule has 2 bridgehead atoms. The Kier molecular flexibility index (Phi) is 4.13. The average molecular weight is 340 g/mol. The Morgan fingerprint density at radius 3 is 2.92 bits per heavy atom. The third-order valence-electron chi connectivity index (χ3n) is 5.76. The van der Waals surface area contributed by atoms with Crippen LogP contribution in [0, 0.1) is 5.92 Å². The number of allylic oxidation sites excluding steroid dienone is 1. The summed E-state index contributed by atoms with van der Waals surface area (Å²) >= 11 is 0. The smallest absolute Gasteiger partial charge is 0.329 e. The summed E-state index contributed by atoms with van der Waals surface area (Å²) in [5.74, 6) is -0.0401. The molecule has 1 N–H and O–H groups in total. The van der Waals surface area contributed by atoms with E-state index in [9.17, 15) is 9.90 Å². The Labute approximate surface area is 147 Å². The number of para-hydroxylation sites is 1. The highest BCUT2D eigenvalue weighted by molar-refractivity contribution is 5.85. The van der Waals surface area contributed by atoms with Crippen molar-refractivity contribution in [1.82, 2.24) is 9.47 Å². The number of piperidine rings is 1. The lowest BCUT2D eigenvalue weighted by Gasteiger charge is -2.48. The molecule has 0 amide bonds. The molecule has 5 nitrogen and oxygen atoms in total.